The van der Waals surface area contributed by atoms with E-state index in [2.05, 4.69) is 61.9 Å². The molecule has 0 aromatic heterocycles. The lowest BCUT2D eigenvalue weighted by Crippen LogP contribution is -2.55. The number of hydrogen-bond acceptors (Lipinski definition) is 3. The minimum atomic E-state index is 0.487. The largest absolute Gasteiger partial charge is 0.354 e. The molecule has 0 aromatic carbocycles. The molecule has 1 fully saturated rings. The second-order valence-electron chi connectivity index (χ2n) is 5.69. The Kier molecular flexibility index (Phi) is 4.81. The van der Waals surface area contributed by atoms with Gasteiger partial charge in [0.15, 0.2) is 0 Å². The van der Waals surface area contributed by atoms with Crippen LogP contribution in [0.2, 0.25) is 0 Å². The van der Waals surface area contributed by atoms with Crippen LogP contribution in [0.1, 0.15) is 34.1 Å². The molecule has 2 rings (SSSR count). The van der Waals surface area contributed by atoms with E-state index in [1.54, 1.807) is 0 Å². The molecule has 0 radical (unpaired) electrons. The molecule has 3 nitrogen and oxygen atoms in total. The third-order valence-corrected chi connectivity index (χ3v) is 4.26. The number of allylic oxidation sites excluding steroid dienone is 3. The topological polar surface area (TPSA) is 18.8 Å². The smallest absolute Gasteiger partial charge is 0.128 e. The van der Waals surface area contributed by atoms with Crippen LogP contribution in [-0.4, -0.2) is 47.7 Å². The van der Waals surface area contributed by atoms with E-state index in [-0.39, 0.29) is 0 Å². The third-order valence-electron chi connectivity index (χ3n) is 4.26. The quantitative estimate of drug-likeness (QED) is 0.778. The highest BCUT2D eigenvalue weighted by molar-refractivity contribution is 5.65. The van der Waals surface area contributed by atoms with Crippen molar-refractivity contribution in [3.63, 3.8) is 0 Å². The highest BCUT2D eigenvalue weighted by atomic mass is 15.3. The Bertz CT molecular complexity index is 371. The predicted octanol–water partition coefficient (Wildman–Crippen LogP) is 2.91. The monoisotopic (exact) mass is 261 g/mol. The Morgan fingerprint density at radius 3 is 2.47 bits per heavy atom. The maximum Gasteiger partial charge on any atom is 0.128 e. The third kappa shape index (κ3) is 3.27. The first-order valence-corrected chi connectivity index (χ1v) is 7.59. The lowest BCUT2D eigenvalue weighted by Gasteiger charge is -2.44. The Hall–Kier alpha value is -1.09. The predicted molar refractivity (Wildman–Crippen MR) is 82.4 cm³/mol. The maximum absolute atomic E-state index is 4.70. The van der Waals surface area contributed by atoms with E-state index in [1.807, 2.05) is 0 Å². The average molecular weight is 261 g/mol. The molecule has 0 amide bonds. The summed E-state index contributed by atoms with van der Waals surface area (Å²) >= 11 is 0. The van der Waals surface area contributed by atoms with E-state index in [1.165, 1.54) is 0 Å². The van der Waals surface area contributed by atoms with Crippen molar-refractivity contribution in [1.29, 1.82) is 0 Å². The summed E-state index contributed by atoms with van der Waals surface area (Å²) in [6.45, 7) is 12.4. The van der Waals surface area contributed by atoms with Gasteiger partial charge in [-0.2, -0.15) is 0 Å². The number of likely N-dealkylation sites (N-methyl/N-ethyl adjacent to an activating group) is 1. The van der Waals surface area contributed by atoms with Gasteiger partial charge in [-0.1, -0.05) is 26.0 Å². The van der Waals surface area contributed by atoms with Gasteiger partial charge in [0.05, 0.1) is 0 Å². The summed E-state index contributed by atoms with van der Waals surface area (Å²) in [7, 11) is 0. The zero-order valence-corrected chi connectivity index (χ0v) is 12.7. The van der Waals surface area contributed by atoms with Crippen molar-refractivity contribution < 1.29 is 0 Å². The van der Waals surface area contributed by atoms with Gasteiger partial charge in [0.1, 0.15) is 5.82 Å². The van der Waals surface area contributed by atoms with Crippen LogP contribution in [0.3, 0.4) is 0 Å². The van der Waals surface area contributed by atoms with Gasteiger partial charge in [0.2, 0.25) is 0 Å². The van der Waals surface area contributed by atoms with Gasteiger partial charge in [0.25, 0.3) is 0 Å². The molecule has 3 heteroatoms. The van der Waals surface area contributed by atoms with Crippen LogP contribution < -0.4 is 0 Å². The summed E-state index contributed by atoms with van der Waals surface area (Å²) in [5.41, 5.74) is 0. The van der Waals surface area contributed by atoms with Gasteiger partial charge >= 0.3 is 0 Å². The SMILES string of the molecule is CCC1C=CC=C(N2C[C@@H](C)N(CC)[C@@H](C)C2)N=C1. The minimum absolute atomic E-state index is 0.487. The van der Waals surface area contributed by atoms with E-state index in [0.29, 0.717) is 18.0 Å². The van der Waals surface area contributed by atoms with Gasteiger partial charge in [0, 0.05) is 37.3 Å². The number of aliphatic imine (C=N–C) groups is 1. The summed E-state index contributed by atoms with van der Waals surface area (Å²) in [5, 5.41) is 0. The number of hydrogen-bond donors (Lipinski definition) is 0. The molecule has 0 aromatic rings. The second kappa shape index (κ2) is 6.38. The minimum Gasteiger partial charge on any atom is -0.354 e. The first-order valence-electron chi connectivity index (χ1n) is 7.59. The molecular weight excluding hydrogens is 234 g/mol. The van der Waals surface area contributed by atoms with Crippen LogP contribution in [0.25, 0.3) is 0 Å². The molecular formula is C16H27N3. The molecule has 2 aliphatic heterocycles. The molecule has 0 aliphatic carbocycles. The van der Waals surface area contributed by atoms with Gasteiger partial charge in [-0.05, 0) is 32.9 Å². The van der Waals surface area contributed by atoms with Crippen molar-refractivity contribution in [2.24, 2.45) is 10.9 Å². The lowest BCUT2D eigenvalue weighted by atomic mass is 10.1. The van der Waals surface area contributed by atoms with Crippen molar-refractivity contribution in [2.45, 2.75) is 46.2 Å². The van der Waals surface area contributed by atoms with Crippen molar-refractivity contribution in [3.05, 3.63) is 24.0 Å². The maximum atomic E-state index is 4.70. The Morgan fingerprint density at radius 2 is 1.89 bits per heavy atom. The number of piperazine rings is 1. The van der Waals surface area contributed by atoms with Gasteiger partial charge in [-0.15, -0.1) is 0 Å². The zero-order chi connectivity index (χ0) is 13.8. The standard InChI is InChI=1S/C16H27N3/c1-5-15-8-7-9-16(17-10-15)18-11-13(3)19(6-2)14(4)12-18/h7-10,13-15H,5-6,11-12H2,1-4H3/t13-,14+,15?. The van der Waals surface area contributed by atoms with E-state index in [9.17, 15) is 0 Å². The first kappa shape index (κ1) is 14.3. The first-order chi connectivity index (χ1) is 9.15. The van der Waals surface area contributed by atoms with Gasteiger partial charge in [-0.25, -0.2) is 4.99 Å². The molecule has 0 bridgehead atoms. The zero-order valence-electron chi connectivity index (χ0n) is 12.7. The highest BCUT2D eigenvalue weighted by Gasteiger charge is 2.29. The fraction of sp³-hybridized carbons (Fsp3) is 0.688. The van der Waals surface area contributed by atoms with Gasteiger partial charge in [-0.3, -0.25) is 4.90 Å². The molecule has 0 saturated carbocycles. The average Bonchev–Trinajstić information content (AvgIpc) is 2.63. The van der Waals surface area contributed by atoms with Crippen molar-refractivity contribution in [3.8, 4) is 0 Å². The summed E-state index contributed by atoms with van der Waals surface area (Å²) < 4.78 is 0. The van der Waals surface area contributed by atoms with Crippen LogP contribution in [0.4, 0.5) is 0 Å². The fourth-order valence-electron chi connectivity index (χ4n) is 3.14. The molecule has 106 valence electrons. The second-order valence-corrected chi connectivity index (χ2v) is 5.69. The van der Waals surface area contributed by atoms with Crippen LogP contribution in [0, 0.1) is 5.92 Å². The van der Waals surface area contributed by atoms with Crippen LogP contribution in [0.5, 0.6) is 0 Å². The van der Waals surface area contributed by atoms with E-state index >= 15 is 0 Å². The summed E-state index contributed by atoms with van der Waals surface area (Å²) in [6, 6.07) is 1.19. The number of nitrogens with zero attached hydrogens (tertiary/aromatic N) is 3. The van der Waals surface area contributed by atoms with E-state index < -0.39 is 0 Å². The number of rotatable bonds is 3. The summed E-state index contributed by atoms with van der Waals surface area (Å²) in [4.78, 5) is 9.70. The van der Waals surface area contributed by atoms with Crippen LogP contribution >= 0.6 is 0 Å². The van der Waals surface area contributed by atoms with Crippen molar-refractivity contribution >= 4 is 6.21 Å². The molecule has 2 heterocycles. The molecule has 1 saturated heterocycles. The molecule has 19 heavy (non-hydrogen) atoms. The summed E-state index contributed by atoms with van der Waals surface area (Å²) in [6.07, 6.45) is 9.78. The Labute approximate surface area is 117 Å². The van der Waals surface area contributed by atoms with Crippen LogP contribution in [-0.2, 0) is 0 Å². The molecule has 2 aliphatic rings. The van der Waals surface area contributed by atoms with Crippen molar-refractivity contribution in [1.82, 2.24) is 9.80 Å². The van der Waals surface area contributed by atoms with Crippen molar-refractivity contribution in [2.75, 3.05) is 19.6 Å². The molecule has 0 spiro atoms. The van der Waals surface area contributed by atoms with Crippen LogP contribution in [0.15, 0.2) is 29.0 Å². The normalized spacial score (nSPS) is 32.3. The molecule has 1 unspecified atom stereocenters. The fourth-order valence-corrected chi connectivity index (χ4v) is 3.14. The van der Waals surface area contributed by atoms with Gasteiger partial charge < -0.3 is 4.90 Å². The molecule has 0 N–H and O–H groups in total. The lowest BCUT2D eigenvalue weighted by molar-refractivity contribution is 0.0605. The Balaban J connectivity index is 2.07. The highest BCUT2D eigenvalue weighted by Crippen LogP contribution is 2.21. The molecule has 3 atom stereocenters. The summed E-state index contributed by atoms with van der Waals surface area (Å²) in [5.74, 6) is 1.61. The van der Waals surface area contributed by atoms with E-state index in [4.69, 9.17) is 4.99 Å². The van der Waals surface area contributed by atoms with E-state index in [0.717, 1.165) is 31.9 Å². The Morgan fingerprint density at radius 1 is 1.21 bits per heavy atom.